The van der Waals surface area contributed by atoms with Crippen molar-refractivity contribution in [1.29, 1.82) is 0 Å². The van der Waals surface area contributed by atoms with E-state index >= 15 is 0 Å². The third-order valence-corrected chi connectivity index (χ3v) is 6.16. The molecule has 1 aromatic heterocycles. The van der Waals surface area contributed by atoms with E-state index in [1.807, 2.05) is 4.90 Å². The van der Waals surface area contributed by atoms with Crippen molar-refractivity contribution in [2.45, 2.75) is 45.1 Å². The zero-order valence-electron chi connectivity index (χ0n) is 16.0. The van der Waals surface area contributed by atoms with Crippen molar-refractivity contribution >= 4 is 5.91 Å². The van der Waals surface area contributed by atoms with E-state index in [9.17, 15) is 9.59 Å². The van der Waals surface area contributed by atoms with E-state index in [0.717, 1.165) is 44.6 Å². The predicted molar refractivity (Wildman–Crippen MR) is 103 cm³/mol. The van der Waals surface area contributed by atoms with Gasteiger partial charge in [0, 0.05) is 33.1 Å². The molecule has 1 aromatic carbocycles. The number of hydrogen-bond acceptors (Lipinski definition) is 3. The summed E-state index contributed by atoms with van der Waals surface area (Å²) in [6.45, 7) is 2.18. The van der Waals surface area contributed by atoms with Gasteiger partial charge in [0.1, 0.15) is 5.82 Å². The lowest BCUT2D eigenvalue weighted by Gasteiger charge is -2.35. The summed E-state index contributed by atoms with van der Waals surface area (Å²) in [6, 6.07) is 10.6. The van der Waals surface area contributed by atoms with Gasteiger partial charge in [0.25, 0.3) is 0 Å². The molecule has 1 fully saturated rings. The van der Waals surface area contributed by atoms with Crippen molar-refractivity contribution in [3.05, 3.63) is 52.2 Å². The minimum atomic E-state index is -0.109. The molecule has 0 radical (unpaired) electrons. The second kappa shape index (κ2) is 7.71. The highest BCUT2D eigenvalue weighted by Gasteiger charge is 2.32. The fourth-order valence-corrected chi connectivity index (χ4v) is 4.46. The Morgan fingerprint density at radius 1 is 1.15 bits per heavy atom. The van der Waals surface area contributed by atoms with E-state index < -0.39 is 0 Å². The van der Waals surface area contributed by atoms with Gasteiger partial charge in [0.05, 0.1) is 5.92 Å². The second-order valence-corrected chi connectivity index (χ2v) is 7.96. The van der Waals surface area contributed by atoms with Gasteiger partial charge in [-0.15, -0.1) is 0 Å². The quantitative estimate of drug-likeness (QED) is 0.829. The van der Waals surface area contributed by atoms with Gasteiger partial charge < -0.3 is 4.90 Å². The van der Waals surface area contributed by atoms with Crippen LogP contribution >= 0.6 is 0 Å². The molecule has 3 heterocycles. The monoisotopic (exact) mass is 368 g/mol. The number of likely N-dealkylation sites (tertiary alicyclic amines) is 1. The molecule has 0 N–H and O–H groups in total. The summed E-state index contributed by atoms with van der Waals surface area (Å²) in [7, 11) is 1.67. The average molecular weight is 368 g/mol. The molecule has 144 valence electrons. The molecule has 0 saturated carbocycles. The minimum absolute atomic E-state index is 0.0831. The number of hydrogen-bond donors (Lipinski definition) is 0. The van der Waals surface area contributed by atoms with E-state index in [-0.39, 0.29) is 17.5 Å². The molecule has 2 aliphatic rings. The van der Waals surface area contributed by atoms with Gasteiger partial charge >= 0.3 is 5.69 Å². The lowest BCUT2D eigenvalue weighted by molar-refractivity contribution is -0.138. The lowest BCUT2D eigenvalue weighted by atomic mass is 9.89. The SMILES string of the molecule is Cn1nc2n(c1=O)CC(C(=O)N1CCC(CCc3ccccc3)CC1)CC2. The van der Waals surface area contributed by atoms with Crippen LogP contribution in [0.2, 0.25) is 0 Å². The van der Waals surface area contributed by atoms with Crippen LogP contribution in [0, 0.1) is 11.8 Å². The number of aryl methyl sites for hydroxylation is 3. The van der Waals surface area contributed by atoms with Gasteiger partial charge in [0.15, 0.2) is 0 Å². The average Bonchev–Trinajstić information content (AvgIpc) is 3.00. The Morgan fingerprint density at radius 2 is 1.89 bits per heavy atom. The minimum Gasteiger partial charge on any atom is -0.342 e. The number of amides is 1. The number of nitrogens with zero attached hydrogens (tertiary/aromatic N) is 4. The standard InChI is InChI=1S/C21H28N4O2/c1-23-21(27)25-15-18(9-10-19(25)22-23)20(26)24-13-11-17(12-14-24)8-7-16-5-3-2-4-6-16/h2-6,17-18H,7-15H2,1H3. The Morgan fingerprint density at radius 3 is 2.63 bits per heavy atom. The zero-order valence-corrected chi connectivity index (χ0v) is 16.0. The summed E-state index contributed by atoms with van der Waals surface area (Å²) in [6.07, 6.45) is 5.99. The molecular weight excluding hydrogens is 340 g/mol. The molecule has 2 aliphatic heterocycles. The summed E-state index contributed by atoms with van der Waals surface area (Å²) in [5.41, 5.74) is 1.29. The largest absolute Gasteiger partial charge is 0.345 e. The van der Waals surface area contributed by atoms with Crippen molar-refractivity contribution in [3.63, 3.8) is 0 Å². The van der Waals surface area contributed by atoms with Crippen LogP contribution in [0.4, 0.5) is 0 Å². The van der Waals surface area contributed by atoms with Crippen molar-refractivity contribution in [1.82, 2.24) is 19.2 Å². The Hall–Kier alpha value is -2.37. The van der Waals surface area contributed by atoms with Crippen molar-refractivity contribution in [2.24, 2.45) is 18.9 Å². The second-order valence-electron chi connectivity index (χ2n) is 7.96. The predicted octanol–water partition coefficient (Wildman–Crippen LogP) is 2.02. The van der Waals surface area contributed by atoms with Gasteiger partial charge in [-0.3, -0.25) is 9.36 Å². The number of carbonyl (C=O) groups is 1. The molecule has 0 aliphatic carbocycles. The van der Waals surface area contributed by atoms with E-state index in [2.05, 4.69) is 35.4 Å². The van der Waals surface area contributed by atoms with E-state index in [1.165, 1.54) is 16.7 Å². The molecule has 1 saturated heterocycles. The number of carbonyl (C=O) groups excluding carboxylic acids is 1. The molecular formula is C21H28N4O2. The molecule has 6 heteroatoms. The highest BCUT2D eigenvalue weighted by molar-refractivity contribution is 5.79. The van der Waals surface area contributed by atoms with Crippen LogP contribution in [0.3, 0.4) is 0 Å². The van der Waals surface area contributed by atoms with Gasteiger partial charge in [-0.1, -0.05) is 30.3 Å². The summed E-state index contributed by atoms with van der Waals surface area (Å²) in [5, 5.41) is 4.25. The smallest absolute Gasteiger partial charge is 0.342 e. The third-order valence-electron chi connectivity index (χ3n) is 6.16. The highest BCUT2D eigenvalue weighted by Crippen LogP contribution is 2.26. The first-order chi connectivity index (χ1) is 13.1. The Kier molecular flexibility index (Phi) is 5.14. The fourth-order valence-electron chi connectivity index (χ4n) is 4.46. The zero-order chi connectivity index (χ0) is 18.8. The Balaban J connectivity index is 1.29. The van der Waals surface area contributed by atoms with Crippen LogP contribution in [-0.2, 0) is 31.2 Å². The maximum Gasteiger partial charge on any atom is 0.345 e. The lowest BCUT2D eigenvalue weighted by Crippen LogP contribution is -2.45. The van der Waals surface area contributed by atoms with Crippen molar-refractivity contribution in [3.8, 4) is 0 Å². The van der Waals surface area contributed by atoms with Crippen molar-refractivity contribution < 1.29 is 4.79 Å². The molecule has 4 rings (SSSR count). The number of rotatable bonds is 4. The van der Waals surface area contributed by atoms with Gasteiger partial charge in [-0.25, -0.2) is 9.48 Å². The van der Waals surface area contributed by atoms with E-state index in [0.29, 0.717) is 18.9 Å². The maximum atomic E-state index is 13.0. The normalized spacial score (nSPS) is 20.5. The van der Waals surface area contributed by atoms with E-state index in [4.69, 9.17) is 0 Å². The Bertz CT molecular complexity index is 847. The first-order valence-electron chi connectivity index (χ1n) is 10.1. The fraction of sp³-hybridized carbons (Fsp3) is 0.571. The van der Waals surface area contributed by atoms with Crippen LogP contribution in [0.5, 0.6) is 0 Å². The van der Waals surface area contributed by atoms with Crippen LogP contribution in [-0.4, -0.2) is 38.2 Å². The molecule has 0 spiro atoms. The maximum absolute atomic E-state index is 13.0. The summed E-state index contributed by atoms with van der Waals surface area (Å²) < 4.78 is 3.05. The van der Waals surface area contributed by atoms with Crippen LogP contribution < -0.4 is 5.69 Å². The molecule has 27 heavy (non-hydrogen) atoms. The number of benzene rings is 1. The van der Waals surface area contributed by atoms with Gasteiger partial charge in [-0.05, 0) is 43.6 Å². The molecule has 1 unspecified atom stereocenters. The molecule has 6 nitrogen and oxygen atoms in total. The van der Waals surface area contributed by atoms with Crippen molar-refractivity contribution in [2.75, 3.05) is 13.1 Å². The number of aromatic nitrogens is 3. The topological polar surface area (TPSA) is 60.1 Å². The number of fused-ring (bicyclic) bond motifs is 1. The van der Waals surface area contributed by atoms with Crippen LogP contribution in [0.1, 0.15) is 37.1 Å². The summed E-state index contributed by atoms with van der Waals surface area (Å²) in [4.78, 5) is 27.1. The molecule has 1 amide bonds. The van der Waals surface area contributed by atoms with Gasteiger partial charge in [0.2, 0.25) is 5.91 Å². The first kappa shape index (κ1) is 18.0. The summed E-state index contributed by atoms with van der Waals surface area (Å²) >= 11 is 0. The van der Waals surface area contributed by atoms with Crippen LogP contribution in [0.15, 0.2) is 35.1 Å². The van der Waals surface area contributed by atoms with Gasteiger partial charge in [-0.2, -0.15) is 5.10 Å². The molecule has 2 aromatic rings. The third kappa shape index (κ3) is 3.84. The van der Waals surface area contributed by atoms with Crippen LogP contribution in [0.25, 0.3) is 0 Å². The number of piperidine rings is 1. The Labute approximate surface area is 159 Å². The highest BCUT2D eigenvalue weighted by atomic mass is 16.2. The first-order valence-corrected chi connectivity index (χ1v) is 10.1. The molecule has 0 bridgehead atoms. The molecule has 1 atom stereocenters. The van der Waals surface area contributed by atoms with E-state index in [1.54, 1.807) is 11.6 Å². The summed E-state index contributed by atoms with van der Waals surface area (Å²) in [5.74, 6) is 1.65.